The second-order valence-electron chi connectivity index (χ2n) is 15.3. The number of hydrogen-bond donors (Lipinski definition) is 4. The van der Waals surface area contributed by atoms with E-state index in [-0.39, 0.29) is 25.7 Å². The van der Waals surface area contributed by atoms with Crippen molar-refractivity contribution in [3.63, 3.8) is 0 Å². The molecule has 0 aromatic rings. The van der Waals surface area contributed by atoms with Gasteiger partial charge in [0.25, 0.3) is 0 Å². The second-order valence-corrected chi connectivity index (χ2v) is 16.7. The van der Waals surface area contributed by atoms with Crippen molar-refractivity contribution in [3.05, 3.63) is 24.3 Å². The predicted octanol–water partition coefficient (Wildman–Crippen LogP) is 12.6. The molecule has 0 aliphatic carbocycles. The van der Waals surface area contributed by atoms with Gasteiger partial charge in [0.2, 0.25) is 5.91 Å². The van der Waals surface area contributed by atoms with Crippen LogP contribution in [0.2, 0.25) is 0 Å². The molecule has 0 saturated carbocycles. The molecule has 0 rings (SSSR count). The number of amides is 1. The predicted molar refractivity (Wildman–Crippen MR) is 226 cm³/mol. The van der Waals surface area contributed by atoms with Crippen molar-refractivity contribution in [3.8, 4) is 0 Å². The Bertz CT molecular complexity index is 886. The van der Waals surface area contributed by atoms with Gasteiger partial charge in [-0.1, -0.05) is 205 Å². The van der Waals surface area contributed by atoms with Crippen molar-refractivity contribution in [1.82, 2.24) is 5.32 Å². The molecule has 1 amide bonds. The van der Waals surface area contributed by atoms with Crippen molar-refractivity contribution < 1.29 is 28.4 Å². The van der Waals surface area contributed by atoms with E-state index in [1.54, 1.807) is 6.08 Å². The lowest BCUT2D eigenvalue weighted by atomic mass is 10.0. The Hall–Kier alpha value is -1.02. The van der Waals surface area contributed by atoms with Gasteiger partial charge in [-0.3, -0.25) is 13.8 Å². The zero-order valence-corrected chi connectivity index (χ0v) is 35.7. The molecular formula is C44H87N2O6P. The third-order valence-electron chi connectivity index (χ3n) is 10.0. The molecule has 8 nitrogen and oxygen atoms in total. The van der Waals surface area contributed by atoms with Crippen LogP contribution >= 0.6 is 7.82 Å². The van der Waals surface area contributed by atoms with Gasteiger partial charge < -0.3 is 21.1 Å². The van der Waals surface area contributed by atoms with E-state index in [0.29, 0.717) is 6.42 Å². The van der Waals surface area contributed by atoms with Gasteiger partial charge in [-0.05, 0) is 32.1 Å². The highest BCUT2D eigenvalue weighted by atomic mass is 31.2. The molecule has 53 heavy (non-hydrogen) atoms. The van der Waals surface area contributed by atoms with E-state index >= 15 is 0 Å². The van der Waals surface area contributed by atoms with Gasteiger partial charge in [-0.15, -0.1) is 0 Å². The smallest absolute Gasteiger partial charge is 0.387 e. The summed E-state index contributed by atoms with van der Waals surface area (Å²) in [4.78, 5) is 22.7. The van der Waals surface area contributed by atoms with Crippen molar-refractivity contribution in [1.29, 1.82) is 0 Å². The summed E-state index contributed by atoms with van der Waals surface area (Å²) in [6.07, 6.45) is 46.6. The molecule has 5 N–H and O–H groups in total. The maximum absolute atomic E-state index is 12.7. The van der Waals surface area contributed by atoms with Crippen LogP contribution in [0, 0.1) is 0 Å². The number of carbonyl (C=O) groups excluding carboxylic acids is 1. The normalized spacial score (nSPS) is 14.3. The van der Waals surface area contributed by atoms with E-state index < -0.39 is 20.0 Å². The maximum Gasteiger partial charge on any atom is 0.472 e. The molecule has 0 aromatic carbocycles. The van der Waals surface area contributed by atoms with Crippen LogP contribution in [-0.2, 0) is 18.4 Å². The molecule has 3 unspecified atom stereocenters. The average molecular weight is 771 g/mol. The Morgan fingerprint density at radius 2 is 1.00 bits per heavy atom. The minimum Gasteiger partial charge on any atom is -0.387 e. The van der Waals surface area contributed by atoms with E-state index in [4.69, 9.17) is 14.8 Å². The Morgan fingerprint density at radius 1 is 0.604 bits per heavy atom. The minimum atomic E-state index is -4.34. The molecule has 0 fully saturated rings. The number of phosphoric ester groups is 1. The number of phosphoric acid groups is 1. The fourth-order valence-corrected chi connectivity index (χ4v) is 7.38. The molecule has 0 aliphatic rings. The zero-order chi connectivity index (χ0) is 38.9. The van der Waals surface area contributed by atoms with Crippen LogP contribution in [0.1, 0.15) is 219 Å². The molecular weight excluding hydrogens is 683 g/mol. The monoisotopic (exact) mass is 771 g/mol. The number of aliphatic hydroxyl groups is 1. The number of hydrogen-bond acceptors (Lipinski definition) is 6. The van der Waals surface area contributed by atoms with Crippen LogP contribution < -0.4 is 11.1 Å². The Labute approximate surface area is 327 Å². The Morgan fingerprint density at radius 3 is 1.45 bits per heavy atom. The summed E-state index contributed by atoms with van der Waals surface area (Å²) in [6, 6.07) is -0.872. The van der Waals surface area contributed by atoms with Gasteiger partial charge in [0, 0.05) is 13.0 Å². The quantitative estimate of drug-likeness (QED) is 0.0276. The molecule has 0 heterocycles. The number of rotatable bonds is 42. The number of carbonyl (C=O) groups is 1. The average Bonchev–Trinajstić information content (AvgIpc) is 3.14. The van der Waals surface area contributed by atoms with E-state index in [0.717, 1.165) is 38.5 Å². The summed E-state index contributed by atoms with van der Waals surface area (Å²) in [6.45, 7) is 4.13. The first-order chi connectivity index (χ1) is 25.9. The van der Waals surface area contributed by atoms with Crippen LogP contribution in [0.5, 0.6) is 0 Å². The fraction of sp³-hybridized carbons (Fsp3) is 0.886. The first kappa shape index (κ1) is 52.0. The SMILES string of the molecule is CCCCCCCCCCCCCCC/C=C/CC/C=C/C(O)C(COP(=O)(O)OCCN)NC(=O)CCCCCCCCCCCCCCCCC. The minimum absolute atomic E-state index is 0.0759. The van der Waals surface area contributed by atoms with E-state index in [1.165, 1.54) is 161 Å². The molecule has 0 bridgehead atoms. The van der Waals surface area contributed by atoms with Crippen molar-refractivity contribution in [2.75, 3.05) is 19.8 Å². The molecule has 0 aliphatic heterocycles. The van der Waals surface area contributed by atoms with Gasteiger partial charge in [0.1, 0.15) is 0 Å². The van der Waals surface area contributed by atoms with Crippen molar-refractivity contribution in [2.45, 2.75) is 231 Å². The third-order valence-corrected chi connectivity index (χ3v) is 11.0. The lowest BCUT2D eigenvalue weighted by Gasteiger charge is -2.23. The van der Waals surface area contributed by atoms with E-state index in [1.807, 2.05) is 6.08 Å². The van der Waals surface area contributed by atoms with Crippen LogP contribution in [0.15, 0.2) is 24.3 Å². The summed E-state index contributed by atoms with van der Waals surface area (Å²) in [7, 11) is -4.34. The first-order valence-corrected chi connectivity index (χ1v) is 24.0. The summed E-state index contributed by atoms with van der Waals surface area (Å²) >= 11 is 0. The maximum atomic E-state index is 12.7. The zero-order valence-electron chi connectivity index (χ0n) is 34.8. The largest absolute Gasteiger partial charge is 0.472 e. The summed E-state index contributed by atoms with van der Waals surface area (Å²) in [5.74, 6) is -0.201. The van der Waals surface area contributed by atoms with Gasteiger partial charge in [-0.25, -0.2) is 4.57 Å². The van der Waals surface area contributed by atoms with Crippen molar-refractivity contribution in [2.24, 2.45) is 5.73 Å². The molecule has 314 valence electrons. The van der Waals surface area contributed by atoms with Gasteiger partial charge in [0.15, 0.2) is 0 Å². The third kappa shape index (κ3) is 39.0. The van der Waals surface area contributed by atoms with Gasteiger partial charge >= 0.3 is 7.82 Å². The van der Waals surface area contributed by atoms with Crippen LogP contribution in [0.4, 0.5) is 0 Å². The molecule has 0 spiro atoms. The molecule has 0 radical (unpaired) electrons. The second kappa shape index (κ2) is 40.6. The topological polar surface area (TPSA) is 131 Å². The Balaban J connectivity index is 4.22. The number of nitrogens with one attached hydrogen (secondary N) is 1. The van der Waals surface area contributed by atoms with Crippen molar-refractivity contribution >= 4 is 13.7 Å². The van der Waals surface area contributed by atoms with E-state index in [2.05, 4.69) is 31.3 Å². The number of aliphatic hydroxyl groups excluding tert-OH is 1. The summed E-state index contributed by atoms with van der Waals surface area (Å²) in [5, 5.41) is 13.7. The van der Waals surface area contributed by atoms with Gasteiger partial charge in [-0.2, -0.15) is 0 Å². The Kier molecular flexibility index (Phi) is 39.9. The highest BCUT2D eigenvalue weighted by Gasteiger charge is 2.26. The summed E-state index contributed by atoms with van der Waals surface area (Å²) in [5.41, 5.74) is 5.37. The number of nitrogens with two attached hydrogens (primary N) is 1. The molecule has 0 aromatic heterocycles. The number of unbranched alkanes of at least 4 members (excludes halogenated alkanes) is 28. The van der Waals surface area contributed by atoms with Crippen LogP contribution in [-0.4, -0.2) is 47.8 Å². The standard InChI is InChI=1S/C44H87N2O6P/c1-3-5-7-9-11-13-15-17-19-20-21-22-24-25-27-29-31-33-35-37-43(47)42(41-52-53(49,50)51-40-39-45)46-44(48)38-36-34-32-30-28-26-23-18-16-14-12-10-8-6-4-2/h27,29,35,37,42-43,47H,3-26,28,30-34,36,38-41,45H2,1-2H3,(H,46,48)(H,49,50)/b29-27+,37-35+. The lowest BCUT2D eigenvalue weighted by Crippen LogP contribution is -2.45. The fourth-order valence-electron chi connectivity index (χ4n) is 6.62. The van der Waals surface area contributed by atoms with Crippen LogP contribution in [0.3, 0.4) is 0 Å². The van der Waals surface area contributed by atoms with Crippen LogP contribution in [0.25, 0.3) is 0 Å². The highest BCUT2D eigenvalue weighted by Crippen LogP contribution is 2.43. The van der Waals surface area contributed by atoms with E-state index in [9.17, 15) is 19.4 Å². The molecule has 3 atom stereocenters. The van der Waals surface area contributed by atoms with Gasteiger partial charge in [0.05, 0.1) is 25.4 Å². The lowest BCUT2D eigenvalue weighted by molar-refractivity contribution is -0.123. The number of allylic oxidation sites excluding steroid dienone is 3. The molecule has 0 saturated heterocycles. The molecule has 9 heteroatoms. The highest BCUT2D eigenvalue weighted by molar-refractivity contribution is 7.47. The summed E-state index contributed by atoms with van der Waals surface area (Å²) < 4.78 is 22.1. The first-order valence-electron chi connectivity index (χ1n) is 22.5.